The SMILES string of the molecule is Cc1ccc(NC(c2nnc(-c3cccc(F)c3)o2)c2ccc(F)cc2Cl)c(Cl)c1. The van der Waals surface area contributed by atoms with E-state index in [0.29, 0.717) is 21.8 Å². The number of hydrogen-bond donors (Lipinski definition) is 1. The lowest BCUT2D eigenvalue weighted by Crippen LogP contribution is -2.14. The fourth-order valence-corrected chi connectivity index (χ4v) is 3.56. The number of anilines is 1. The van der Waals surface area contributed by atoms with Crippen LogP contribution in [0, 0.1) is 18.6 Å². The summed E-state index contributed by atoms with van der Waals surface area (Å²) in [5.74, 6) is -0.583. The number of nitrogens with zero attached hydrogens (tertiary/aromatic N) is 2. The van der Waals surface area contributed by atoms with Gasteiger partial charge in [0.25, 0.3) is 0 Å². The molecule has 0 saturated carbocycles. The fraction of sp³-hybridized carbons (Fsp3) is 0.0909. The van der Waals surface area contributed by atoms with E-state index in [0.717, 1.165) is 5.56 Å². The minimum atomic E-state index is -0.715. The van der Waals surface area contributed by atoms with Gasteiger partial charge in [-0.1, -0.05) is 41.4 Å². The summed E-state index contributed by atoms with van der Waals surface area (Å²) in [6, 6.07) is 14.6. The van der Waals surface area contributed by atoms with E-state index >= 15 is 0 Å². The lowest BCUT2D eigenvalue weighted by molar-refractivity contribution is 0.493. The van der Waals surface area contributed by atoms with Crippen LogP contribution in [0.1, 0.15) is 23.1 Å². The second-order valence-corrected chi connectivity index (χ2v) is 7.50. The predicted molar refractivity (Wildman–Crippen MR) is 113 cm³/mol. The Bertz CT molecular complexity index is 1210. The molecule has 0 fully saturated rings. The van der Waals surface area contributed by atoms with Crippen LogP contribution in [-0.2, 0) is 0 Å². The highest BCUT2D eigenvalue weighted by atomic mass is 35.5. The van der Waals surface area contributed by atoms with Crippen LogP contribution in [-0.4, -0.2) is 10.2 Å². The normalized spacial score (nSPS) is 12.0. The average molecular weight is 446 g/mol. The molecular formula is C22H15Cl2F2N3O. The molecule has 8 heteroatoms. The van der Waals surface area contributed by atoms with Crippen LogP contribution >= 0.6 is 23.2 Å². The van der Waals surface area contributed by atoms with Crippen molar-refractivity contribution >= 4 is 28.9 Å². The molecule has 1 N–H and O–H groups in total. The molecule has 0 amide bonds. The second kappa shape index (κ2) is 8.42. The van der Waals surface area contributed by atoms with E-state index < -0.39 is 17.7 Å². The van der Waals surface area contributed by atoms with Crippen LogP contribution in [0.2, 0.25) is 10.0 Å². The minimum absolute atomic E-state index is 0.143. The van der Waals surface area contributed by atoms with E-state index in [1.807, 2.05) is 19.1 Å². The third kappa shape index (κ3) is 4.30. The van der Waals surface area contributed by atoms with Crippen molar-refractivity contribution in [2.24, 2.45) is 0 Å². The van der Waals surface area contributed by atoms with Gasteiger partial charge in [-0.05, 0) is 55.0 Å². The van der Waals surface area contributed by atoms with E-state index in [9.17, 15) is 8.78 Å². The maximum absolute atomic E-state index is 13.6. The maximum Gasteiger partial charge on any atom is 0.247 e. The van der Waals surface area contributed by atoms with Crippen LogP contribution in [0.15, 0.2) is 65.1 Å². The molecule has 0 aliphatic rings. The highest BCUT2D eigenvalue weighted by molar-refractivity contribution is 6.33. The largest absolute Gasteiger partial charge is 0.418 e. The topological polar surface area (TPSA) is 51.0 Å². The first-order valence-corrected chi connectivity index (χ1v) is 9.73. The monoisotopic (exact) mass is 445 g/mol. The zero-order valence-electron chi connectivity index (χ0n) is 15.7. The lowest BCUT2D eigenvalue weighted by Gasteiger charge is -2.19. The molecule has 0 aliphatic heterocycles. The summed E-state index contributed by atoms with van der Waals surface area (Å²) in [6.07, 6.45) is 0. The molecule has 4 aromatic rings. The van der Waals surface area contributed by atoms with Crippen LogP contribution in [0.4, 0.5) is 14.5 Å². The second-order valence-electron chi connectivity index (χ2n) is 6.68. The first kappa shape index (κ1) is 20.3. The van der Waals surface area contributed by atoms with E-state index in [4.69, 9.17) is 27.6 Å². The average Bonchev–Trinajstić information content (AvgIpc) is 3.18. The summed E-state index contributed by atoms with van der Waals surface area (Å²) >= 11 is 12.7. The van der Waals surface area contributed by atoms with Crippen molar-refractivity contribution in [1.29, 1.82) is 0 Å². The Hall–Kier alpha value is -2.96. The molecule has 4 nitrogen and oxygen atoms in total. The molecule has 4 rings (SSSR count). The standard InChI is InChI=1S/C22H15Cl2F2N3O/c1-12-5-8-19(18(24)9-12)27-20(16-7-6-15(26)11-17(16)23)22-29-28-21(30-22)13-3-2-4-14(25)10-13/h2-11,20,27H,1H3. The van der Waals surface area contributed by atoms with E-state index in [1.54, 1.807) is 18.2 Å². The van der Waals surface area contributed by atoms with Gasteiger partial charge in [0.2, 0.25) is 11.8 Å². The third-order valence-corrected chi connectivity index (χ3v) is 5.10. The predicted octanol–water partition coefficient (Wildman–Crippen LogP) is 6.83. The summed E-state index contributed by atoms with van der Waals surface area (Å²) in [7, 11) is 0. The van der Waals surface area contributed by atoms with Crippen molar-refractivity contribution in [3.8, 4) is 11.5 Å². The Morgan fingerprint density at radius 3 is 2.43 bits per heavy atom. The summed E-state index contributed by atoms with van der Waals surface area (Å²) < 4.78 is 33.0. The van der Waals surface area contributed by atoms with Crippen molar-refractivity contribution < 1.29 is 13.2 Å². The number of hydrogen-bond acceptors (Lipinski definition) is 4. The summed E-state index contributed by atoms with van der Waals surface area (Å²) in [5, 5.41) is 12.0. The molecule has 1 atom stereocenters. The van der Waals surface area contributed by atoms with Gasteiger partial charge in [0.1, 0.15) is 17.7 Å². The molecule has 0 spiro atoms. The zero-order valence-corrected chi connectivity index (χ0v) is 17.2. The fourth-order valence-electron chi connectivity index (χ4n) is 2.99. The number of halogens is 4. The van der Waals surface area contributed by atoms with Gasteiger partial charge >= 0.3 is 0 Å². The Balaban J connectivity index is 1.77. The van der Waals surface area contributed by atoms with Crippen molar-refractivity contribution in [1.82, 2.24) is 10.2 Å². The smallest absolute Gasteiger partial charge is 0.247 e. The Morgan fingerprint density at radius 1 is 0.900 bits per heavy atom. The highest BCUT2D eigenvalue weighted by Crippen LogP contribution is 2.35. The molecule has 3 aromatic carbocycles. The Morgan fingerprint density at radius 2 is 1.70 bits per heavy atom. The van der Waals surface area contributed by atoms with Crippen molar-refractivity contribution in [2.45, 2.75) is 13.0 Å². The zero-order chi connectivity index (χ0) is 21.3. The molecule has 1 aromatic heterocycles. The van der Waals surface area contributed by atoms with Gasteiger partial charge in [-0.25, -0.2) is 8.78 Å². The van der Waals surface area contributed by atoms with E-state index in [2.05, 4.69) is 15.5 Å². The van der Waals surface area contributed by atoms with Crippen LogP contribution < -0.4 is 5.32 Å². The van der Waals surface area contributed by atoms with Gasteiger partial charge in [0, 0.05) is 16.1 Å². The van der Waals surface area contributed by atoms with Crippen molar-refractivity contribution in [3.63, 3.8) is 0 Å². The molecule has 0 saturated heterocycles. The Labute approximate surface area is 181 Å². The highest BCUT2D eigenvalue weighted by Gasteiger charge is 2.25. The van der Waals surface area contributed by atoms with E-state index in [-0.39, 0.29) is 16.8 Å². The summed E-state index contributed by atoms with van der Waals surface area (Å²) in [4.78, 5) is 0. The molecule has 152 valence electrons. The molecule has 0 bridgehead atoms. The minimum Gasteiger partial charge on any atom is -0.418 e. The van der Waals surface area contributed by atoms with Crippen molar-refractivity contribution in [3.05, 3.63) is 99.4 Å². The number of benzene rings is 3. The first-order chi connectivity index (χ1) is 14.4. The summed E-state index contributed by atoms with van der Waals surface area (Å²) in [5.41, 5.74) is 2.56. The van der Waals surface area contributed by atoms with Gasteiger partial charge in [0.15, 0.2) is 0 Å². The van der Waals surface area contributed by atoms with Gasteiger partial charge < -0.3 is 9.73 Å². The van der Waals surface area contributed by atoms with Crippen LogP contribution in [0.25, 0.3) is 11.5 Å². The van der Waals surface area contributed by atoms with Gasteiger partial charge in [-0.2, -0.15) is 0 Å². The summed E-state index contributed by atoms with van der Waals surface area (Å²) in [6.45, 7) is 1.92. The van der Waals surface area contributed by atoms with Gasteiger partial charge in [-0.15, -0.1) is 10.2 Å². The molecule has 1 unspecified atom stereocenters. The number of nitrogens with one attached hydrogen (secondary N) is 1. The van der Waals surface area contributed by atoms with Gasteiger partial charge in [0.05, 0.1) is 10.7 Å². The quantitative estimate of drug-likeness (QED) is 0.365. The maximum atomic E-state index is 13.6. The van der Waals surface area contributed by atoms with Crippen LogP contribution in [0.5, 0.6) is 0 Å². The lowest BCUT2D eigenvalue weighted by atomic mass is 10.1. The third-order valence-electron chi connectivity index (χ3n) is 4.46. The van der Waals surface area contributed by atoms with Crippen molar-refractivity contribution in [2.75, 3.05) is 5.32 Å². The number of aryl methyl sites for hydroxylation is 1. The molecular weight excluding hydrogens is 431 g/mol. The number of rotatable bonds is 5. The molecule has 1 heterocycles. The van der Waals surface area contributed by atoms with Crippen LogP contribution in [0.3, 0.4) is 0 Å². The van der Waals surface area contributed by atoms with E-state index in [1.165, 1.54) is 30.3 Å². The van der Waals surface area contributed by atoms with Gasteiger partial charge in [-0.3, -0.25) is 0 Å². The number of aromatic nitrogens is 2. The molecule has 0 radical (unpaired) electrons. The Kier molecular flexibility index (Phi) is 5.70. The molecule has 30 heavy (non-hydrogen) atoms. The first-order valence-electron chi connectivity index (χ1n) is 8.97. The molecule has 0 aliphatic carbocycles.